The molecule has 0 radical (unpaired) electrons. The summed E-state index contributed by atoms with van der Waals surface area (Å²) < 4.78 is 61.4. The van der Waals surface area contributed by atoms with E-state index in [2.05, 4.69) is 93.2 Å². The summed E-state index contributed by atoms with van der Waals surface area (Å²) >= 11 is 0. The van der Waals surface area contributed by atoms with Gasteiger partial charge in [-0.1, -0.05) is 127 Å². The molecule has 0 aliphatic rings. The highest BCUT2D eigenvalue weighted by Gasteiger charge is 2.11. The molecule has 0 rings (SSSR count). The van der Waals surface area contributed by atoms with Gasteiger partial charge in [0.25, 0.3) is 0 Å². The Morgan fingerprint density at radius 3 is 0.663 bits per heavy atom. The smallest absolute Gasteiger partial charge is 0.331 e. The number of allylic oxidation sites excluding steroid dienone is 2. The second-order valence-electron chi connectivity index (χ2n) is 16.8. The summed E-state index contributed by atoms with van der Waals surface area (Å²) in [5.74, 6) is -4.77. The molecule has 0 unspecified atom stereocenters. The third-order valence-electron chi connectivity index (χ3n) is 9.01. The third-order valence-corrected chi connectivity index (χ3v) is 9.01. The maximum Gasteiger partial charge on any atom is 0.331 e. The van der Waals surface area contributed by atoms with Crippen molar-refractivity contribution in [2.45, 2.75) is 109 Å². The normalized spacial score (nSPS) is 9.17. The van der Waals surface area contributed by atoms with E-state index in [4.69, 9.17) is 47.4 Å². The zero-order valence-corrected chi connectivity index (χ0v) is 53.3. The van der Waals surface area contributed by atoms with Crippen LogP contribution in [-0.4, -0.2) is 151 Å². The predicted octanol–water partition coefficient (Wildman–Crippen LogP) is 9.79. The Bertz CT molecular complexity index is 2060. The molecule has 0 heterocycles. The second-order valence-corrected chi connectivity index (χ2v) is 16.8. The van der Waals surface area contributed by atoms with Crippen LogP contribution in [0.1, 0.15) is 109 Å². The maximum absolute atomic E-state index is 11.2. The monoisotopic (exact) mass is 1300 g/mol. The van der Waals surface area contributed by atoms with Crippen LogP contribution < -0.4 is 0 Å². The molecule has 0 N–H and O–H groups in total. The molecule has 25 heteroatoms. The molecular weight excluding hydrogens is 1200 g/mol. The Morgan fingerprint density at radius 1 is 0.228 bits per heavy atom. The average Bonchev–Trinajstić information content (AvgIpc) is 3.60. The summed E-state index contributed by atoms with van der Waals surface area (Å²) in [6.07, 6.45) is 25.5. The van der Waals surface area contributed by atoms with Crippen LogP contribution in [0.15, 0.2) is 164 Å². The molecule has 0 aromatic heterocycles. The van der Waals surface area contributed by atoms with E-state index in [1.807, 2.05) is 0 Å². The quantitative estimate of drug-likeness (QED) is 0.0104. The van der Waals surface area contributed by atoms with Gasteiger partial charge in [-0.2, -0.15) is 0 Å². The van der Waals surface area contributed by atoms with Crippen LogP contribution in [-0.2, 0) is 119 Å². The van der Waals surface area contributed by atoms with Crippen LogP contribution in [0.25, 0.3) is 0 Å². The topological polar surface area (TPSA) is 325 Å². The van der Waals surface area contributed by atoms with Crippen LogP contribution in [0.2, 0.25) is 0 Å². The first kappa shape index (κ1) is 93.2. The summed E-state index contributed by atoms with van der Waals surface area (Å²) in [5.41, 5.74) is 0. The lowest BCUT2D eigenvalue weighted by atomic mass is 10.2. The van der Waals surface area contributed by atoms with E-state index in [1.165, 1.54) is 61.1 Å². The minimum absolute atomic E-state index is 0.116. The van der Waals surface area contributed by atoms with E-state index in [-0.39, 0.29) is 178 Å². The van der Waals surface area contributed by atoms with Gasteiger partial charge < -0.3 is 61.6 Å². The van der Waals surface area contributed by atoms with Gasteiger partial charge in [-0.25, -0.2) is 9.59 Å². The average molecular weight is 1300 g/mol. The fourth-order valence-corrected chi connectivity index (χ4v) is 4.92. The molecule has 0 aromatic rings. The Balaban J connectivity index is -0.000000242. The van der Waals surface area contributed by atoms with Crippen molar-refractivity contribution in [3.05, 3.63) is 164 Å². The Labute approximate surface area is 541 Å². The molecule has 0 fully saturated rings. The highest BCUT2D eigenvalue weighted by Crippen LogP contribution is 2.05. The number of unbranched alkanes of at least 4 members (excludes halogenated alkanes) is 1. The minimum atomic E-state index is -0.611. The highest BCUT2D eigenvalue weighted by molar-refractivity contribution is 5.91. The molecule has 92 heavy (non-hydrogen) atoms. The number of hydrogen-bond acceptors (Lipinski definition) is 25. The molecular formula is C67H96O25. The first-order valence-electron chi connectivity index (χ1n) is 28.8. The molecule has 0 atom stereocenters. The van der Waals surface area contributed by atoms with Gasteiger partial charge in [0, 0.05) is 76.4 Å². The van der Waals surface area contributed by atoms with Crippen molar-refractivity contribution < 1.29 is 119 Å². The Kier molecular flexibility index (Phi) is 78.2. The van der Waals surface area contributed by atoms with E-state index in [1.54, 1.807) is 12.2 Å². The second kappa shape index (κ2) is 77.2. The lowest BCUT2D eigenvalue weighted by Gasteiger charge is -2.05. The van der Waals surface area contributed by atoms with Crippen molar-refractivity contribution in [3.8, 4) is 0 Å². The molecule has 25 nitrogen and oxygen atoms in total. The number of esters is 12. The van der Waals surface area contributed by atoms with Crippen LogP contribution >= 0.6 is 0 Å². The van der Waals surface area contributed by atoms with Crippen molar-refractivity contribution in [1.82, 2.24) is 0 Å². The van der Waals surface area contributed by atoms with E-state index in [0.717, 1.165) is 12.2 Å². The van der Waals surface area contributed by atoms with Gasteiger partial charge in [-0.05, 0) is 44.9 Å². The Morgan fingerprint density at radius 2 is 0.446 bits per heavy atom. The molecule has 0 spiro atoms. The van der Waals surface area contributed by atoms with Gasteiger partial charge >= 0.3 is 71.6 Å². The van der Waals surface area contributed by atoms with Crippen molar-refractivity contribution >= 4 is 71.6 Å². The van der Waals surface area contributed by atoms with Gasteiger partial charge in [0.05, 0.1) is 12.5 Å². The molecule has 0 bridgehead atoms. The predicted molar refractivity (Wildman–Crippen MR) is 343 cm³/mol. The molecule has 0 saturated carbocycles. The van der Waals surface area contributed by atoms with Crippen LogP contribution in [0.4, 0.5) is 0 Å². The zero-order chi connectivity index (χ0) is 70.5. The van der Waals surface area contributed by atoms with Crippen molar-refractivity contribution in [1.29, 1.82) is 0 Å². The molecule has 0 aromatic carbocycles. The SMILES string of the molecule is C=CCCC(=O)OC(=O)CCC=C.C=CCOC(=O)/C=C\C(=O)OCC=C.C=CCOC(=O)CCCC(=O)OCC=C.C=CCOC(=O)CCCC(=O)OCC=C.C=CCOC(=O)CCCCC(=O)OCC=C.C=COCCOC(=O)CCCC(=O)OCCOC=C. The fraction of sp³-hybridized carbons (Fsp3) is 0.433. The van der Waals surface area contributed by atoms with Gasteiger partial charge in [-0.15, -0.1) is 13.2 Å². The summed E-state index contributed by atoms with van der Waals surface area (Å²) in [6, 6.07) is 0. The number of carbonyl (C=O) groups excluding carboxylic acids is 12. The van der Waals surface area contributed by atoms with Gasteiger partial charge in [-0.3, -0.25) is 47.9 Å². The van der Waals surface area contributed by atoms with Gasteiger partial charge in [0.2, 0.25) is 0 Å². The van der Waals surface area contributed by atoms with Crippen LogP contribution in [0.3, 0.4) is 0 Å². The minimum Gasteiger partial charge on any atom is -0.498 e. The summed E-state index contributed by atoms with van der Waals surface area (Å²) in [5, 5.41) is 0. The van der Waals surface area contributed by atoms with Crippen molar-refractivity contribution in [2.24, 2.45) is 0 Å². The Hall–Kier alpha value is -9.94. The summed E-state index contributed by atoms with van der Waals surface area (Å²) in [4.78, 5) is 132. The standard InChI is InChI=1S/C13H20O6.C12H18O4.2C11H16O4.C10H12O4.C10H14O3/c1-3-16-8-10-18-12(14)6-5-7-13(15)19-11-9-17-4-2;1-3-9-15-11(13)7-5-6-8-12(14)16-10-4-2;2*1-3-8-14-10(12)6-5-7-11(13)15-9-4-2;1-3-7-13-9(11)5-6-10(12)14-8-4-2;1-3-5-7-9(11)13-10(12)8-6-4-2/h3-4H,1-2,5-11H2;3-4H,1-2,5-10H2;2*3-4H,1-2,5-9H2;3-6H,1-2,7-8H2;3-4H,1-2,5-8H2/b;;;;6-5-;. The molecule has 0 aliphatic heterocycles. The van der Waals surface area contributed by atoms with E-state index >= 15 is 0 Å². The lowest BCUT2D eigenvalue weighted by Crippen LogP contribution is -2.12. The van der Waals surface area contributed by atoms with Crippen molar-refractivity contribution in [2.75, 3.05) is 79.3 Å². The van der Waals surface area contributed by atoms with Gasteiger partial charge in [0.1, 0.15) is 79.3 Å². The molecule has 514 valence electrons. The van der Waals surface area contributed by atoms with Gasteiger partial charge in [0.15, 0.2) is 0 Å². The molecule has 0 amide bonds. The van der Waals surface area contributed by atoms with Crippen molar-refractivity contribution in [3.63, 3.8) is 0 Å². The van der Waals surface area contributed by atoms with E-state index in [0.29, 0.717) is 57.8 Å². The fourth-order valence-electron chi connectivity index (χ4n) is 4.92. The first-order chi connectivity index (χ1) is 44.2. The highest BCUT2D eigenvalue weighted by atomic mass is 16.6. The third kappa shape index (κ3) is 86.5. The molecule has 0 saturated heterocycles. The maximum atomic E-state index is 11.2. The summed E-state index contributed by atoms with van der Waals surface area (Å²) in [6.45, 7) is 43.3. The zero-order valence-electron chi connectivity index (χ0n) is 53.3. The van der Waals surface area contributed by atoms with E-state index in [9.17, 15) is 57.5 Å². The van der Waals surface area contributed by atoms with Crippen LogP contribution in [0, 0.1) is 0 Å². The largest absolute Gasteiger partial charge is 0.498 e. The van der Waals surface area contributed by atoms with E-state index < -0.39 is 23.9 Å². The first-order valence-corrected chi connectivity index (χ1v) is 28.8. The number of rotatable bonds is 49. The number of hydrogen-bond donors (Lipinski definition) is 0. The van der Waals surface area contributed by atoms with Crippen LogP contribution in [0.5, 0.6) is 0 Å². The molecule has 0 aliphatic carbocycles. The number of ether oxygens (including phenoxy) is 13. The summed E-state index contributed by atoms with van der Waals surface area (Å²) in [7, 11) is 0. The number of carbonyl (C=O) groups is 12. The lowest BCUT2D eigenvalue weighted by molar-refractivity contribution is -0.160.